The van der Waals surface area contributed by atoms with Gasteiger partial charge in [0.05, 0.1) is 10.8 Å². The van der Waals surface area contributed by atoms with Gasteiger partial charge in [-0.1, -0.05) is 18.2 Å². The van der Waals surface area contributed by atoms with E-state index in [1.54, 1.807) is 18.2 Å². The molecule has 1 aromatic rings. The Morgan fingerprint density at radius 2 is 1.48 bits per heavy atom. The zero-order chi connectivity index (χ0) is 17.6. The molecule has 0 aromatic heterocycles. The van der Waals surface area contributed by atoms with Crippen LogP contribution in [-0.4, -0.2) is 16.5 Å². The Balaban J connectivity index is 1.97. The molecule has 1 heterocycles. The van der Waals surface area contributed by atoms with E-state index in [9.17, 15) is 19.7 Å². The maximum absolute atomic E-state index is 12.7. The number of hydrogen-bond acceptors (Lipinski definition) is 5. The van der Waals surface area contributed by atoms with E-state index in [-0.39, 0.29) is 17.3 Å². The van der Waals surface area contributed by atoms with Crippen molar-refractivity contribution in [2.45, 2.75) is 44.4 Å². The number of hydrogen-bond donors (Lipinski definition) is 1. The van der Waals surface area contributed by atoms with Gasteiger partial charge in [-0.2, -0.15) is 0 Å². The lowest BCUT2D eigenvalue weighted by atomic mass is 9.71. The topological polar surface area (TPSA) is 89.3 Å². The van der Waals surface area contributed by atoms with E-state index in [0.717, 1.165) is 37.1 Å². The van der Waals surface area contributed by atoms with Crippen LogP contribution in [0.2, 0.25) is 0 Å². The highest BCUT2D eigenvalue weighted by Gasteiger charge is 2.42. The molecule has 0 unspecified atom stereocenters. The first-order chi connectivity index (χ1) is 12.1. The number of carbonyl (C=O) groups excluding carboxylic acids is 2. The third kappa shape index (κ3) is 2.49. The molecule has 1 N–H and O–H groups in total. The molecular weight excluding hydrogens is 320 g/mol. The van der Waals surface area contributed by atoms with Gasteiger partial charge in [-0.05, 0) is 25.7 Å². The number of allylic oxidation sites excluding steroid dienone is 4. The minimum absolute atomic E-state index is 0.0122. The minimum atomic E-state index is -0.617. The van der Waals surface area contributed by atoms with E-state index >= 15 is 0 Å². The molecule has 0 radical (unpaired) electrons. The van der Waals surface area contributed by atoms with Gasteiger partial charge in [0, 0.05) is 47.0 Å². The van der Waals surface area contributed by atoms with Crippen LogP contribution in [0, 0.1) is 10.1 Å². The second-order valence-corrected chi connectivity index (χ2v) is 6.71. The van der Waals surface area contributed by atoms with E-state index in [0.29, 0.717) is 29.6 Å². The van der Waals surface area contributed by atoms with Gasteiger partial charge in [0.2, 0.25) is 0 Å². The number of rotatable bonds is 2. The Hall–Kier alpha value is -2.76. The number of carbonyl (C=O) groups is 2. The lowest BCUT2D eigenvalue weighted by Gasteiger charge is -2.36. The van der Waals surface area contributed by atoms with Crippen LogP contribution in [-0.2, 0) is 9.59 Å². The standard InChI is InChI=1S/C19H18N2O4/c22-15-9-3-6-12-18(15)17(11-5-1-2-8-14(11)21(24)25)19-13(20-12)7-4-10-16(19)23/h1-2,5,8,17,20H,3-4,6-7,9-10H2. The summed E-state index contributed by atoms with van der Waals surface area (Å²) in [5.74, 6) is -0.642. The van der Waals surface area contributed by atoms with E-state index in [4.69, 9.17) is 0 Å². The monoisotopic (exact) mass is 338 g/mol. The predicted molar refractivity (Wildman–Crippen MR) is 90.7 cm³/mol. The summed E-state index contributed by atoms with van der Waals surface area (Å²) in [6, 6.07) is 6.45. The van der Waals surface area contributed by atoms with Gasteiger partial charge < -0.3 is 5.32 Å². The smallest absolute Gasteiger partial charge is 0.273 e. The number of benzene rings is 1. The fourth-order valence-corrected chi connectivity index (χ4v) is 4.19. The van der Waals surface area contributed by atoms with Crippen molar-refractivity contribution in [2.24, 2.45) is 0 Å². The van der Waals surface area contributed by atoms with Crippen LogP contribution in [0.1, 0.15) is 50.0 Å². The summed E-state index contributed by atoms with van der Waals surface area (Å²) in [4.78, 5) is 36.4. The van der Waals surface area contributed by atoms with Crippen LogP contribution < -0.4 is 5.32 Å². The number of nitrogens with zero attached hydrogens (tertiary/aromatic N) is 1. The SMILES string of the molecule is O=C1CCCC2=C1C(c1ccccc1[N+](=O)[O-])C1=C(CCCC1=O)N2. The maximum atomic E-state index is 12.7. The van der Waals surface area contributed by atoms with Crippen molar-refractivity contribution >= 4 is 17.3 Å². The first-order valence-electron chi connectivity index (χ1n) is 8.60. The normalized spacial score (nSPS) is 21.0. The van der Waals surface area contributed by atoms with Crippen molar-refractivity contribution in [3.05, 3.63) is 62.5 Å². The van der Waals surface area contributed by atoms with Crippen LogP contribution in [0.5, 0.6) is 0 Å². The van der Waals surface area contributed by atoms with Crippen LogP contribution >= 0.6 is 0 Å². The van der Waals surface area contributed by atoms with E-state index in [1.165, 1.54) is 6.07 Å². The maximum Gasteiger partial charge on any atom is 0.273 e. The van der Waals surface area contributed by atoms with Crippen LogP contribution in [0.15, 0.2) is 46.8 Å². The number of nitro benzene ring substituents is 1. The second kappa shape index (κ2) is 5.95. The number of ketones is 2. The molecular formula is C19H18N2O4. The summed E-state index contributed by atoms with van der Waals surface area (Å²) in [6.45, 7) is 0. The molecule has 1 aromatic carbocycles. The molecule has 1 aliphatic heterocycles. The summed E-state index contributed by atoms with van der Waals surface area (Å²) in [6.07, 6.45) is 3.87. The fourth-order valence-electron chi connectivity index (χ4n) is 4.19. The van der Waals surface area contributed by atoms with Gasteiger partial charge in [-0.3, -0.25) is 19.7 Å². The lowest BCUT2D eigenvalue weighted by molar-refractivity contribution is -0.385. The molecule has 6 heteroatoms. The first-order valence-corrected chi connectivity index (χ1v) is 8.60. The largest absolute Gasteiger partial charge is 0.362 e. The van der Waals surface area contributed by atoms with Crippen LogP contribution in [0.3, 0.4) is 0 Å². The third-order valence-corrected chi connectivity index (χ3v) is 5.24. The molecule has 0 bridgehead atoms. The quantitative estimate of drug-likeness (QED) is 0.660. The molecule has 25 heavy (non-hydrogen) atoms. The molecule has 0 amide bonds. The van der Waals surface area contributed by atoms with Crippen LogP contribution in [0.4, 0.5) is 5.69 Å². The predicted octanol–water partition coefficient (Wildman–Crippen LogP) is 3.30. The zero-order valence-corrected chi connectivity index (χ0v) is 13.7. The summed E-state index contributed by atoms with van der Waals surface area (Å²) in [7, 11) is 0. The molecule has 0 spiro atoms. The van der Waals surface area contributed by atoms with Crippen molar-refractivity contribution < 1.29 is 14.5 Å². The van der Waals surface area contributed by atoms with Crippen molar-refractivity contribution in [1.29, 1.82) is 0 Å². The third-order valence-electron chi connectivity index (χ3n) is 5.24. The Labute approximate surface area is 144 Å². The van der Waals surface area contributed by atoms with E-state index < -0.39 is 10.8 Å². The fraction of sp³-hybridized carbons (Fsp3) is 0.368. The molecule has 0 atom stereocenters. The highest BCUT2D eigenvalue weighted by atomic mass is 16.6. The van der Waals surface area contributed by atoms with Crippen molar-refractivity contribution in [3.63, 3.8) is 0 Å². The van der Waals surface area contributed by atoms with Gasteiger partial charge >= 0.3 is 0 Å². The highest BCUT2D eigenvalue weighted by molar-refractivity contribution is 6.06. The average Bonchev–Trinajstić information content (AvgIpc) is 2.60. The molecule has 6 nitrogen and oxygen atoms in total. The zero-order valence-electron chi connectivity index (χ0n) is 13.7. The molecule has 0 saturated heterocycles. The molecule has 0 fully saturated rings. The van der Waals surface area contributed by atoms with Crippen LogP contribution in [0.25, 0.3) is 0 Å². The van der Waals surface area contributed by atoms with Crippen molar-refractivity contribution in [1.82, 2.24) is 5.32 Å². The molecule has 4 rings (SSSR count). The van der Waals surface area contributed by atoms with Crippen molar-refractivity contribution in [2.75, 3.05) is 0 Å². The van der Waals surface area contributed by atoms with E-state index in [2.05, 4.69) is 5.32 Å². The Bertz CT molecular complexity index is 824. The number of para-hydroxylation sites is 1. The average molecular weight is 338 g/mol. The summed E-state index contributed by atoms with van der Waals surface area (Å²) in [5, 5.41) is 14.8. The van der Waals surface area contributed by atoms with Crippen molar-refractivity contribution in [3.8, 4) is 0 Å². The van der Waals surface area contributed by atoms with Gasteiger partial charge in [-0.25, -0.2) is 0 Å². The molecule has 3 aliphatic rings. The highest BCUT2D eigenvalue weighted by Crippen LogP contribution is 2.47. The molecule has 128 valence electrons. The summed E-state index contributed by atoms with van der Waals surface area (Å²) >= 11 is 0. The van der Waals surface area contributed by atoms with Gasteiger partial charge in [0.25, 0.3) is 5.69 Å². The Morgan fingerprint density at radius 1 is 0.920 bits per heavy atom. The number of nitrogens with one attached hydrogen (secondary N) is 1. The van der Waals surface area contributed by atoms with Gasteiger partial charge in [0.15, 0.2) is 11.6 Å². The first kappa shape index (κ1) is 15.7. The minimum Gasteiger partial charge on any atom is -0.362 e. The molecule has 2 aliphatic carbocycles. The second-order valence-electron chi connectivity index (χ2n) is 6.71. The van der Waals surface area contributed by atoms with Gasteiger partial charge in [-0.15, -0.1) is 0 Å². The summed E-state index contributed by atoms with van der Waals surface area (Å²) in [5.41, 5.74) is 3.19. The van der Waals surface area contributed by atoms with Gasteiger partial charge in [0.1, 0.15) is 0 Å². The number of Topliss-reactive ketones (excluding diaryl/α,β-unsaturated/α-hetero) is 2. The Kier molecular flexibility index (Phi) is 3.75. The Morgan fingerprint density at radius 3 is 2.04 bits per heavy atom. The lowest BCUT2D eigenvalue weighted by Crippen LogP contribution is -2.36. The van der Waals surface area contributed by atoms with E-state index in [1.807, 2.05) is 0 Å². The summed E-state index contributed by atoms with van der Waals surface area (Å²) < 4.78 is 0. The molecule has 0 saturated carbocycles. The number of dihydropyridines is 1. The number of nitro groups is 1.